The lowest BCUT2D eigenvalue weighted by atomic mass is 10.0. The number of piperidine rings is 1. The number of ether oxygens (including phenoxy) is 1. The average Bonchev–Trinajstić information content (AvgIpc) is 3.16. The second-order valence-electron chi connectivity index (χ2n) is 6.14. The van der Waals surface area contributed by atoms with Gasteiger partial charge in [-0.25, -0.2) is 4.98 Å². The van der Waals surface area contributed by atoms with Crippen molar-refractivity contribution in [1.82, 2.24) is 9.88 Å². The number of hydrogen-bond acceptors (Lipinski definition) is 4. The van der Waals surface area contributed by atoms with Crippen LogP contribution in [0.25, 0.3) is 0 Å². The summed E-state index contributed by atoms with van der Waals surface area (Å²) in [6.07, 6.45) is 8.31. The van der Waals surface area contributed by atoms with Crippen molar-refractivity contribution in [2.75, 3.05) is 13.2 Å². The van der Waals surface area contributed by atoms with Crippen LogP contribution in [-0.2, 0) is 9.53 Å². The molecule has 0 N–H and O–H groups in total. The zero-order chi connectivity index (χ0) is 14.7. The molecule has 0 bridgehead atoms. The van der Waals surface area contributed by atoms with E-state index in [1.165, 1.54) is 19.3 Å². The number of rotatable bonds is 4. The number of hydrogen-bond donors (Lipinski definition) is 0. The first-order valence-electron chi connectivity index (χ1n) is 8.07. The first-order chi connectivity index (χ1) is 10.2. The molecular formula is C16H24N2O2S. The third kappa shape index (κ3) is 3.64. The summed E-state index contributed by atoms with van der Waals surface area (Å²) in [6, 6.07) is 0.164. The molecule has 1 amide bonds. The van der Waals surface area contributed by atoms with Gasteiger partial charge in [0, 0.05) is 17.6 Å². The van der Waals surface area contributed by atoms with Crippen LogP contribution in [0.5, 0.6) is 0 Å². The number of carbonyl (C=O) groups excluding carboxylic acids is 1. The van der Waals surface area contributed by atoms with Crippen LogP contribution < -0.4 is 0 Å². The van der Waals surface area contributed by atoms with E-state index in [2.05, 4.69) is 10.4 Å². The smallest absolute Gasteiger partial charge is 0.249 e. The number of nitrogens with zero attached hydrogens (tertiary/aromatic N) is 2. The lowest BCUT2D eigenvalue weighted by molar-refractivity contribution is -0.142. The van der Waals surface area contributed by atoms with Crippen molar-refractivity contribution in [3.63, 3.8) is 0 Å². The molecule has 1 aliphatic heterocycles. The van der Waals surface area contributed by atoms with Crippen LogP contribution in [0.4, 0.5) is 0 Å². The Kier molecular flexibility index (Phi) is 4.91. The summed E-state index contributed by atoms with van der Waals surface area (Å²) in [5.41, 5.74) is 1.05. The number of thiazole rings is 1. The highest BCUT2D eigenvalue weighted by molar-refractivity contribution is 7.09. The second-order valence-corrected chi connectivity index (χ2v) is 7.03. The van der Waals surface area contributed by atoms with Gasteiger partial charge in [-0.3, -0.25) is 4.79 Å². The van der Waals surface area contributed by atoms with Gasteiger partial charge in [-0.2, -0.15) is 0 Å². The maximum absolute atomic E-state index is 12.5. The van der Waals surface area contributed by atoms with E-state index in [0.717, 1.165) is 42.9 Å². The molecule has 1 aliphatic carbocycles. The van der Waals surface area contributed by atoms with Gasteiger partial charge in [-0.05, 0) is 39.0 Å². The maximum Gasteiger partial charge on any atom is 0.249 e. The number of aromatic nitrogens is 1. The van der Waals surface area contributed by atoms with Crippen LogP contribution >= 0.6 is 11.3 Å². The molecule has 2 fully saturated rings. The van der Waals surface area contributed by atoms with Crippen molar-refractivity contribution in [2.45, 2.75) is 64.0 Å². The highest BCUT2D eigenvalue weighted by Gasteiger charge is 2.30. The van der Waals surface area contributed by atoms with E-state index in [1.807, 2.05) is 11.8 Å². The molecule has 0 spiro atoms. The fourth-order valence-corrected chi connectivity index (χ4v) is 4.28. The van der Waals surface area contributed by atoms with Gasteiger partial charge in [0.2, 0.25) is 5.91 Å². The van der Waals surface area contributed by atoms with Crippen molar-refractivity contribution in [3.05, 3.63) is 16.1 Å². The van der Waals surface area contributed by atoms with Gasteiger partial charge in [0.25, 0.3) is 0 Å². The summed E-state index contributed by atoms with van der Waals surface area (Å²) in [5.74, 6) is 0.138. The number of carbonyl (C=O) groups is 1. The van der Waals surface area contributed by atoms with Crippen LogP contribution in [0, 0.1) is 6.92 Å². The van der Waals surface area contributed by atoms with Crippen molar-refractivity contribution in [1.29, 1.82) is 0 Å². The van der Waals surface area contributed by atoms with Gasteiger partial charge in [-0.1, -0.05) is 12.8 Å². The molecule has 1 aromatic heterocycles. The number of likely N-dealkylation sites (tertiary alicyclic amines) is 1. The minimum absolute atomic E-state index is 0.138. The summed E-state index contributed by atoms with van der Waals surface area (Å²) < 4.78 is 5.80. The molecule has 3 rings (SSSR count). The molecule has 5 heteroatoms. The Morgan fingerprint density at radius 3 is 2.81 bits per heavy atom. The normalized spacial score (nSPS) is 23.7. The summed E-state index contributed by atoms with van der Waals surface area (Å²) in [6.45, 7) is 3.10. The van der Waals surface area contributed by atoms with Crippen LogP contribution in [0.3, 0.4) is 0 Å². The Labute approximate surface area is 130 Å². The highest BCUT2D eigenvalue weighted by atomic mass is 32.1. The van der Waals surface area contributed by atoms with Crippen LogP contribution in [0.2, 0.25) is 0 Å². The predicted octanol–water partition coefficient (Wildman–Crippen LogP) is 3.46. The molecule has 0 radical (unpaired) electrons. The first kappa shape index (κ1) is 15.0. The molecule has 2 aliphatic rings. The Morgan fingerprint density at radius 1 is 1.33 bits per heavy atom. The van der Waals surface area contributed by atoms with E-state index in [0.29, 0.717) is 6.10 Å². The zero-order valence-corrected chi connectivity index (χ0v) is 13.5. The van der Waals surface area contributed by atoms with Crippen molar-refractivity contribution < 1.29 is 9.53 Å². The van der Waals surface area contributed by atoms with Gasteiger partial charge < -0.3 is 9.64 Å². The summed E-state index contributed by atoms with van der Waals surface area (Å²) >= 11 is 1.67. The van der Waals surface area contributed by atoms with E-state index in [4.69, 9.17) is 4.74 Å². The topological polar surface area (TPSA) is 42.4 Å². The standard InChI is InChI=1S/C16H24N2O2S/c1-12-11-21-16(17-12)14-8-4-5-9-18(14)15(19)10-20-13-6-2-3-7-13/h11,13-14H,2-10H2,1H3/t14-/m1/s1. The van der Waals surface area contributed by atoms with Crippen LogP contribution in [0.15, 0.2) is 5.38 Å². The van der Waals surface area contributed by atoms with Gasteiger partial charge >= 0.3 is 0 Å². The summed E-state index contributed by atoms with van der Waals surface area (Å²) in [7, 11) is 0. The molecule has 1 saturated heterocycles. The van der Waals surface area contributed by atoms with Crippen LogP contribution in [0.1, 0.15) is 61.7 Å². The zero-order valence-electron chi connectivity index (χ0n) is 12.7. The molecule has 1 aromatic rings. The molecule has 1 atom stereocenters. The average molecular weight is 308 g/mol. The molecule has 4 nitrogen and oxygen atoms in total. The largest absolute Gasteiger partial charge is 0.368 e. The molecular weight excluding hydrogens is 284 g/mol. The van der Waals surface area contributed by atoms with Gasteiger partial charge in [0.1, 0.15) is 11.6 Å². The molecule has 0 unspecified atom stereocenters. The monoisotopic (exact) mass is 308 g/mol. The number of amides is 1. The van der Waals surface area contributed by atoms with Crippen molar-refractivity contribution in [2.24, 2.45) is 0 Å². The van der Waals surface area contributed by atoms with E-state index in [1.54, 1.807) is 11.3 Å². The maximum atomic E-state index is 12.5. The van der Waals surface area contributed by atoms with Crippen LogP contribution in [-0.4, -0.2) is 35.0 Å². The molecule has 1 saturated carbocycles. The summed E-state index contributed by atoms with van der Waals surface area (Å²) in [5, 5.41) is 3.16. The van der Waals surface area contributed by atoms with Crippen molar-refractivity contribution >= 4 is 17.2 Å². The molecule has 2 heterocycles. The van der Waals surface area contributed by atoms with E-state index in [-0.39, 0.29) is 18.6 Å². The Bertz CT molecular complexity index is 482. The van der Waals surface area contributed by atoms with E-state index in [9.17, 15) is 4.79 Å². The third-order valence-electron chi connectivity index (χ3n) is 4.49. The first-order valence-corrected chi connectivity index (χ1v) is 8.95. The Morgan fingerprint density at radius 2 is 2.10 bits per heavy atom. The lowest BCUT2D eigenvalue weighted by Gasteiger charge is -2.34. The fourth-order valence-electron chi connectivity index (χ4n) is 3.34. The Hall–Kier alpha value is -0.940. The third-order valence-corrected chi connectivity index (χ3v) is 5.55. The minimum Gasteiger partial charge on any atom is -0.368 e. The lowest BCUT2D eigenvalue weighted by Crippen LogP contribution is -2.41. The van der Waals surface area contributed by atoms with Gasteiger partial charge in [0.05, 0.1) is 12.1 Å². The minimum atomic E-state index is 0.138. The van der Waals surface area contributed by atoms with E-state index >= 15 is 0 Å². The number of aryl methyl sites for hydroxylation is 1. The SMILES string of the molecule is Cc1csc([C@H]2CCCCN2C(=O)COC2CCCC2)n1. The Balaban J connectivity index is 1.61. The second kappa shape index (κ2) is 6.88. The fraction of sp³-hybridized carbons (Fsp3) is 0.750. The molecule has 116 valence electrons. The predicted molar refractivity (Wildman–Crippen MR) is 83.4 cm³/mol. The molecule has 0 aromatic carbocycles. The van der Waals surface area contributed by atoms with Crippen molar-refractivity contribution in [3.8, 4) is 0 Å². The molecule has 21 heavy (non-hydrogen) atoms. The van der Waals surface area contributed by atoms with Gasteiger partial charge in [0.15, 0.2) is 0 Å². The van der Waals surface area contributed by atoms with Gasteiger partial charge in [-0.15, -0.1) is 11.3 Å². The van der Waals surface area contributed by atoms with E-state index < -0.39 is 0 Å². The quantitative estimate of drug-likeness (QED) is 0.855. The summed E-state index contributed by atoms with van der Waals surface area (Å²) in [4.78, 5) is 19.1. The highest BCUT2D eigenvalue weighted by Crippen LogP contribution is 2.33.